The van der Waals surface area contributed by atoms with Crippen molar-refractivity contribution in [3.8, 4) is 0 Å². The Morgan fingerprint density at radius 1 is 1.47 bits per heavy atom. The van der Waals surface area contributed by atoms with E-state index >= 15 is 0 Å². The fourth-order valence-electron chi connectivity index (χ4n) is 3.07. The lowest BCUT2D eigenvalue weighted by molar-refractivity contribution is -0.107. The molecule has 1 atom stereocenters. The molecule has 0 spiro atoms. The van der Waals surface area contributed by atoms with Crippen molar-refractivity contribution in [2.75, 3.05) is 4.90 Å². The Bertz CT molecular complexity index is 644. The summed E-state index contributed by atoms with van der Waals surface area (Å²) in [6.07, 6.45) is 3.00. The fraction of sp³-hybridized carbons (Fsp3) is 0.467. The predicted octanol–water partition coefficient (Wildman–Crippen LogP) is 2.66. The van der Waals surface area contributed by atoms with Crippen LogP contribution >= 0.6 is 0 Å². The number of carbonyl (C=O) groups excluding carboxylic acids is 1. The summed E-state index contributed by atoms with van der Waals surface area (Å²) in [5.41, 5.74) is 4.45. The van der Waals surface area contributed by atoms with Gasteiger partial charge in [0.25, 0.3) is 0 Å². The second kappa shape index (κ2) is 4.37. The van der Waals surface area contributed by atoms with E-state index < -0.39 is 0 Å². The third-order valence-corrected chi connectivity index (χ3v) is 4.15. The molecule has 1 aromatic carbocycles. The van der Waals surface area contributed by atoms with Crippen molar-refractivity contribution < 1.29 is 4.79 Å². The molecule has 4 heteroatoms. The quantitative estimate of drug-likeness (QED) is 0.776. The van der Waals surface area contributed by atoms with Crippen molar-refractivity contribution in [1.82, 2.24) is 9.55 Å². The summed E-state index contributed by atoms with van der Waals surface area (Å²) in [6, 6.07) is 4.54. The average molecular weight is 257 g/mol. The summed E-state index contributed by atoms with van der Waals surface area (Å²) in [5.74, 6) is 1.03. The maximum Gasteiger partial charge on any atom is 0.214 e. The molecular formula is C15H19N3O. The van der Waals surface area contributed by atoms with Crippen LogP contribution in [0.15, 0.2) is 12.1 Å². The first-order chi connectivity index (χ1) is 9.15. The molecule has 1 unspecified atom stereocenters. The number of hydrogen-bond donors (Lipinski definition) is 0. The van der Waals surface area contributed by atoms with Gasteiger partial charge in [-0.25, -0.2) is 4.98 Å². The second-order valence-corrected chi connectivity index (χ2v) is 5.27. The van der Waals surface area contributed by atoms with Gasteiger partial charge in [-0.05, 0) is 51.3 Å². The van der Waals surface area contributed by atoms with Gasteiger partial charge in [0.15, 0.2) is 0 Å². The van der Waals surface area contributed by atoms with Crippen molar-refractivity contribution in [3.05, 3.63) is 23.5 Å². The number of aromatic nitrogens is 2. The summed E-state index contributed by atoms with van der Waals surface area (Å²) in [4.78, 5) is 17.7. The molecule has 2 heterocycles. The number of carbonyl (C=O) groups is 1. The highest BCUT2D eigenvalue weighted by atomic mass is 16.1. The van der Waals surface area contributed by atoms with E-state index in [1.807, 2.05) is 11.8 Å². The molecule has 4 nitrogen and oxygen atoms in total. The van der Waals surface area contributed by atoms with Crippen molar-refractivity contribution in [2.45, 2.75) is 46.2 Å². The van der Waals surface area contributed by atoms with Gasteiger partial charge in [0.2, 0.25) is 6.41 Å². The number of anilines is 1. The second-order valence-electron chi connectivity index (χ2n) is 5.27. The van der Waals surface area contributed by atoms with E-state index in [0.717, 1.165) is 42.8 Å². The molecule has 1 aromatic heterocycles. The van der Waals surface area contributed by atoms with Crippen molar-refractivity contribution >= 4 is 23.1 Å². The zero-order valence-electron chi connectivity index (χ0n) is 11.7. The number of rotatable bonds is 2. The Kier molecular flexibility index (Phi) is 2.81. The summed E-state index contributed by atoms with van der Waals surface area (Å²) >= 11 is 0. The van der Waals surface area contributed by atoms with E-state index in [1.165, 1.54) is 11.1 Å². The van der Waals surface area contributed by atoms with E-state index in [2.05, 4.69) is 35.5 Å². The summed E-state index contributed by atoms with van der Waals surface area (Å²) in [5, 5.41) is 0. The molecule has 0 fully saturated rings. The third kappa shape index (κ3) is 1.74. The zero-order chi connectivity index (χ0) is 13.6. The first-order valence-electron chi connectivity index (χ1n) is 6.89. The summed E-state index contributed by atoms with van der Waals surface area (Å²) in [6.45, 7) is 7.18. The molecule has 0 radical (unpaired) electrons. The number of hydrogen-bond acceptors (Lipinski definition) is 2. The van der Waals surface area contributed by atoms with Gasteiger partial charge in [0, 0.05) is 18.3 Å². The Morgan fingerprint density at radius 3 is 2.95 bits per heavy atom. The van der Waals surface area contributed by atoms with Crippen LogP contribution in [0.2, 0.25) is 0 Å². The molecule has 1 aliphatic heterocycles. The van der Waals surface area contributed by atoms with Crippen LogP contribution in [-0.4, -0.2) is 22.0 Å². The maximum atomic E-state index is 11.3. The highest BCUT2D eigenvalue weighted by molar-refractivity contribution is 5.88. The fourth-order valence-corrected chi connectivity index (χ4v) is 3.07. The zero-order valence-corrected chi connectivity index (χ0v) is 11.7. The molecule has 100 valence electrons. The van der Waals surface area contributed by atoms with Gasteiger partial charge in [0.05, 0.1) is 11.0 Å². The average Bonchev–Trinajstić information content (AvgIpc) is 2.70. The summed E-state index contributed by atoms with van der Waals surface area (Å²) < 4.78 is 2.22. The van der Waals surface area contributed by atoms with Crippen molar-refractivity contribution in [1.29, 1.82) is 0 Å². The molecule has 0 saturated carbocycles. The van der Waals surface area contributed by atoms with E-state index in [4.69, 9.17) is 0 Å². The van der Waals surface area contributed by atoms with Gasteiger partial charge in [0.1, 0.15) is 5.82 Å². The number of benzene rings is 1. The standard InChI is InChI=1S/C15H19N3O/c1-4-17-11(3)16-13-8-14-12(7-15(13)17)6-5-10(2)18(14)9-19/h7-10H,4-6H2,1-3H3. The van der Waals surface area contributed by atoms with Crippen LogP contribution in [0.25, 0.3) is 11.0 Å². The highest BCUT2D eigenvalue weighted by Gasteiger charge is 2.24. The molecule has 2 aromatic rings. The Labute approximate surface area is 113 Å². The van der Waals surface area contributed by atoms with E-state index in [9.17, 15) is 4.79 Å². The maximum absolute atomic E-state index is 11.3. The van der Waals surface area contributed by atoms with Crippen LogP contribution < -0.4 is 4.90 Å². The van der Waals surface area contributed by atoms with Gasteiger partial charge in [-0.2, -0.15) is 0 Å². The SMILES string of the molecule is CCn1c(C)nc2cc3c(cc21)CCC(C)N3C=O. The molecule has 1 aliphatic rings. The van der Waals surface area contributed by atoms with E-state index in [1.54, 1.807) is 0 Å². The van der Waals surface area contributed by atoms with Crippen LogP contribution in [0.5, 0.6) is 0 Å². The first-order valence-corrected chi connectivity index (χ1v) is 6.89. The van der Waals surface area contributed by atoms with Gasteiger partial charge >= 0.3 is 0 Å². The van der Waals surface area contributed by atoms with Gasteiger partial charge < -0.3 is 9.47 Å². The monoisotopic (exact) mass is 257 g/mol. The smallest absolute Gasteiger partial charge is 0.214 e. The first kappa shape index (κ1) is 12.2. The molecule has 0 aliphatic carbocycles. The number of nitrogens with zero attached hydrogens (tertiary/aromatic N) is 3. The Morgan fingerprint density at radius 2 is 2.26 bits per heavy atom. The molecule has 1 amide bonds. The molecule has 0 bridgehead atoms. The molecule has 0 N–H and O–H groups in total. The van der Waals surface area contributed by atoms with Crippen molar-refractivity contribution in [3.63, 3.8) is 0 Å². The minimum absolute atomic E-state index is 0.275. The van der Waals surface area contributed by atoms with Crippen LogP contribution in [0.3, 0.4) is 0 Å². The lowest BCUT2D eigenvalue weighted by atomic mass is 9.96. The van der Waals surface area contributed by atoms with Gasteiger partial charge in [-0.3, -0.25) is 4.79 Å². The van der Waals surface area contributed by atoms with Crippen molar-refractivity contribution in [2.24, 2.45) is 0 Å². The Hall–Kier alpha value is -1.84. The minimum atomic E-state index is 0.275. The summed E-state index contributed by atoms with van der Waals surface area (Å²) in [7, 11) is 0. The lowest BCUT2D eigenvalue weighted by Gasteiger charge is -2.32. The normalized spacial score (nSPS) is 18.7. The number of aryl methyl sites for hydroxylation is 3. The largest absolute Gasteiger partial charge is 0.328 e. The van der Waals surface area contributed by atoms with E-state index in [0.29, 0.717) is 0 Å². The van der Waals surface area contributed by atoms with Crippen LogP contribution in [-0.2, 0) is 17.8 Å². The lowest BCUT2D eigenvalue weighted by Crippen LogP contribution is -2.36. The van der Waals surface area contributed by atoms with Crippen LogP contribution in [0.1, 0.15) is 31.7 Å². The number of imidazole rings is 1. The topological polar surface area (TPSA) is 38.1 Å². The van der Waals surface area contributed by atoms with E-state index in [-0.39, 0.29) is 6.04 Å². The van der Waals surface area contributed by atoms with Crippen LogP contribution in [0.4, 0.5) is 5.69 Å². The Balaban J connectivity index is 2.24. The van der Waals surface area contributed by atoms with Gasteiger partial charge in [-0.15, -0.1) is 0 Å². The number of amides is 1. The minimum Gasteiger partial charge on any atom is -0.328 e. The highest BCUT2D eigenvalue weighted by Crippen LogP contribution is 2.33. The predicted molar refractivity (Wildman–Crippen MR) is 76.5 cm³/mol. The molecule has 3 rings (SSSR count). The van der Waals surface area contributed by atoms with Gasteiger partial charge in [-0.1, -0.05) is 0 Å². The number of fused-ring (bicyclic) bond motifs is 2. The molecule has 0 saturated heterocycles. The third-order valence-electron chi connectivity index (χ3n) is 4.15. The molecular weight excluding hydrogens is 238 g/mol. The van der Waals surface area contributed by atoms with Crippen LogP contribution in [0, 0.1) is 6.92 Å². The molecule has 19 heavy (non-hydrogen) atoms.